The quantitative estimate of drug-likeness (QED) is 0.793. The monoisotopic (exact) mass is 279 g/mol. The van der Waals surface area contributed by atoms with Gasteiger partial charge in [0.15, 0.2) is 0 Å². The van der Waals surface area contributed by atoms with Crippen LogP contribution in [-0.4, -0.2) is 49.7 Å². The third-order valence-electron chi connectivity index (χ3n) is 2.54. The van der Waals surface area contributed by atoms with Gasteiger partial charge in [0, 0.05) is 19.2 Å². The van der Waals surface area contributed by atoms with Gasteiger partial charge < -0.3 is 19.5 Å². The van der Waals surface area contributed by atoms with E-state index in [2.05, 4.69) is 0 Å². The minimum Gasteiger partial charge on any atom is -0.497 e. The standard InChI is InChI=1S/C14H17NO5/c1-15(9-14(17)18)13(16)5-4-10-6-11(19-2)8-12(7-10)20-3/h4-8H,9H2,1-3H3,(H,17,18). The molecule has 108 valence electrons. The van der Waals surface area contributed by atoms with Crippen molar-refractivity contribution >= 4 is 18.0 Å². The highest BCUT2D eigenvalue weighted by Crippen LogP contribution is 2.23. The molecule has 0 aromatic heterocycles. The third kappa shape index (κ3) is 4.64. The predicted octanol–water partition coefficient (Wildman–Crippen LogP) is 1.26. The zero-order chi connectivity index (χ0) is 15.1. The second-order valence-corrected chi connectivity index (χ2v) is 4.07. The maximum absolute atomic E-state index is 11.7. The van der Waals surface area contributed by atoms with E-state index in [1.165, 1.54) is 27.3 Å². The summed E-state index contributed by atoms with van der Waals surface area (Å²) in [6, 6.07) is 5.20. The number of ether oxygens (including phenoxy) is 2. The van der Waals surface area contributed by atoms with Gasteiger partial charge in [-0.3, -0.25) is 9.59 Å². The van der Waals surface area contributed by atoms with E-state index in [9.17, 15) is 9.59 Å². The van der Waals surface area contributed by atoms with Crippen molar-refractivity contribution in [2.75, 3.05) is 27.8 Å². The number of carboxylic acids is 1. The van der Waals surface area contributed by atoms with Crippen LogP contribution in [0.5, 0.6) is 11.5 Å². The van der Waals surface area contributed by atoms with Crippen molar-refractivity contribution < 1.29 is 24.2 Å². The molecule has 1 rings (SSSR count). The number of methoxy groups -OCH3 is 2. The number of amides is 1. The van der Waals surface area contributed by atoms with Gasteiger partial charge in [-0.05, 0) is 23.8 Å². The Kier molecular flexibility index (Phi) is 5.58. The van der Waals surface area contributed by atoms with E-state index in [1.54, 1.807) is 24.3 Å². The fourth-order valence-corrected chi connectivity index (χ4v) is 1.50. The Hall–Kier alpha value is -2.50. The molecule has 0 aliphatic rings. The lowest BCUT2D eigenvalue weighted by atomic mass is 10.2. The van der Waals surface area contributed by atoms with Crippen molar-refractivity contribution in [3.63, 3.8) is 0 Å². The molecule has 1 amide bonds. The molecule has 20 heavy (non-hydrogen) atoms. The molecule has 0 aliphatic carbocycles. The maximum Gasteiger partial charge on any atom is 0.323 e. The molecule has 0 unspecified atom stereocenters. The molecule has 0 heterocycles. The Balaban J connectivity index is 2.83. The molecule has 0 spiro atoms. The van der Waals surface area contributed by atoms with Gasteiger partial charge in [-0.15, -0.1) is 0 Å². The van der Waals surface area contributed by atoms with E-state index in [0.717, 1.165) is 10.5 Å². The second-order valence-electron chi connectivity index (χ2n) is 4.07. The normalized spacial score (nSPS) is 10.3. The van der Waals surface area contributed by atoms with Gasteiger partial charge in [-0.1, -0.05) is 0 Å². The number of carbonyl (C=O) groups is 2. The predicted molar refractivity (Wildman–Crippen MR) is 73.9 cm³/mol. The van der Waals surface area contributed by atoms with Crippen LogP contribution in [0.15, 0.2) is 24.3 Å². The number of hydrogen-bond donors (Lipinski definition) is 1. The van der Waals surface area contributed by atoms with Crippen molar-refractivity contribution in [3.8, 4) is 11.5 Å². The summed E-state index contributed by atoms with van der Waals surface area (Å²) >= 11 is 0. The highest BCUT2D eigenvalue weighted by atomic mass is 16.5. The number of aliphatic carboxylic acids is 1. The number of hydrogen-bond acceptors (Lipinski definition) is 4. The number of likely N-dealkylation sites (N-methyl/N-ethyl adjacent to an activating group) is 1. The van der Waals surface area contributed by atoms with Crippen molar-refractivity contribution in [2.24, 2.45) is 0 Å². The Morgan fingerprint density at radius 2 is 1.75 bits per heavy atom. The summed E-state index contributed by atoms with van der Waals surface area (Å²) < 4.78 is 10.2. The number of carboxylic acid groups (broad SMARTS) is 1. The average Bonchev–Trinajstić information content (AvgIpc) is 2.43. The smallest absolute Gasteiger partial charge is 0.323 e. The zero-order valence-electron chi connectivity index (χ0n) is 11.6. The highest BCUT2D eigenvalue weighted by Gasteiger charge is 2.08. The van der Waals surface area contributed by atoms with Crippen LogP contribution in [0.2, 0.25) is 0 Å². The van der Waals surface area contributed by atoms with Crippen LogP contribution in [0.25, 0.3) is 6.08 Å². The SMILES string of the molecule is COc1cc(C=CC(=O)N(C)CC(=O)O)cc(OC)c1. The molecule has 0 fully saturated rings. The molecular weight excluding hydrogens is 262 g/mol. The van der Waals surface area contributed by atoms with E-state index in [1.807, 2.05) is 0 Å². The van der Waals surface area contributed by atoms with Crippen molar-refractivity contribution in [1.82, 2.24) is 4.90 Å². The van der Waals surface area contributed by atoms with E-state index >= 15 is 0 Å². The van der Waals surface area contributed by atoms with Crippen LogP contribution >= 0.6 is 0 Å². The zero-order valence-corrected chi connectivity index (χ0v) is 11.6. The number of nitrogens with zero attached hydrogens (tertiary/aromatic N) is 1. The number of rotatable bonds is 6. The molecule has 0 saturated heterocycles. The van der Waals surface area contributed by atoms with Crippen molar-refractivity contribution in [1.29, 1.82) is 0 Å². The summed E-state index contributed by atoms with van der Waals surface area (Å²) in [6.07, 6.45) is 2.88. The largest absolute Gasteiger partial charge is 0.497 e. The fourth-order valence-electron chi connectivity index (χ4n) is 1.50. The van der Waals surface area contributed by atoms with Crippen LogP contribution in [0.3, 0.4) is 0 Å². The van der Waals surface area contributed by atoms with Gasteiger partial charge in [0.2, 0.25) is 5.91 Å². The molecule has 0 radical (unpaired) electrons. The molecule has 0 bridgehead atoms. The first kappa shape index (κ1) is 15.6. The second kappa shape index (κ2) is 7.18. The minimum absolute atomic E-state index is 0.343. The Labute approximate surface area is 117 Å². The van der Waals surface area contributed by atoms with Crippen LogP contribution in [0, 0.1) is 0 Å². The van der Waals surface area contributed by atoms with Crippen molar-refractivity contribution in [2.45, 2.75) is 0 Å². The summed E-state index contributed by atoms with van der Waals surface area (Å²) in [6.45, 7) is -0.343. The van der Waals surface area contributed by atoms with E-state index in [4.69, 9.17) is 14.6 Å². The van der Waals surface area contributed by atoms with Gasteiger partial charge in [-0.2, -0.15) is 0 Å². The van der Waals surface area contributed by atoms with Gasteiger partial charge in [0.05, 0.1) is 14.2 Å². The summed E-state index contributed by atoms with van der Waals surface area (Å²) in [4.78, 5) is 23.3. The van der Waals surface area contributed by atoms with Crippen LogP contribution in [0.4, 0.5) is 0 Å². The molecule has 0 saturated carbocycles. The van der Waals surface area contributed by atoms with Gasteiger partial charge in [-0.25, -0.2) is 0 Å². The minimum atomic E-state index is -1.06. The summed E-state index contributed by atoms with van der Waals surface area (Å²) in [5.74, 6) is -0.239. The summed E-state index contributed by atoms with van der Waals surface area (Å²) in [5, 5.41) is 8.60. The first-order valence-electron chi connectivity index (χ1n) is 5.84. The van der Waals surface area contributed by atoms with Gasteiger partial charge >= 0.3 is 5.97 Å². The number of carbonyl (C=O) groups excluding carboxylic acids is 1. The topological polar surface area (TPSA) is 76.1 Å². The molecule has 1 aromatic carbocycles. The van der Waals surface area contributed by atoms with Gasteiger partial charge in [0.25, 0.3) is 0 Å². The Bertz CT molecular complexity index is 502. The fraction of sp³-hybridized carbons (Fsp3) is 0.286. The first-order valence-corrected chi connectivity index (χ1v) is 5.84. The third-order valence-corrected chi connectivity index (χ3v) is 2.54. The lowest BCUT2D eigenvalue weighted by molar-refractivity contribution is -0.141. The van der Waals surface area contributed by atoms with E-state index in [-0.39, 0.29) is 6.54 Å². The molecule has 0 aliphatic heterocycles. The maximum atomic E-state index is 11.7. The average molecular weight is 279 g/mol. The molecule has 6 nitrogen and oxygen atoms in total. The Morgan fingerprint density at radius 3 is 2.20 bits per heavy atom. The van der Waals surface area contributed by atoms with Crippen LogP contribution < -0.4 is 9.47 Å². The van der Waals surface area contributed by atoms with E-state index < -0.39 is 11.9 Å². The highest BCUT2D eigenvalue weighted by molar-refractivity contribution is 5.93. The Morgan fingerprint density at radius 1 is 1.20 bits per heavy atom. The van der Waals surface area contributed by atoms with Crippen molar-refractivity contribution in [3.05, 3.63) is 29.8 Å². The number of benzene rings is 1. The van der Waals surface area contributed by atoms with Crippen LogP contribution in [0.1, 0.15) is 5.56 Å². The van der Waals surface area contributed by atoms with Crippen LogP contribution in [-0.2, 0) is 9.59 Å². The lowest BCUT2D eigenvalue weighted by Gasteiger charge is -2.11. The molecule has 1 N–H and O–H groups in total. The lowest BCUT2D eigenvalue weighted by Crippen LogP contribution is -2.30. The summed E-state index contributed by atoms with van der Waals surface area (Å²) in [7, 11) is 4.50. The molecule has 1 aromatic rings. The molecular formula is C14H17NO5. The van der Waals surface area contributed by atoms with Gasteiger partial charge in [0.1, 0.15) is 18.0 Å². The van der Waals surface area contributed by atoms with E-state index in [0.29, 0.717) is 11.5 Å². The summed E-state index contributed by atoms with van der Waals surface area (Å²) in [5.41, 5.74) is 0.721. The molecule has 0 atom stereocenters. The molecule has 6 heteroatoms. The first-order chi connectivity index (χ1) is 9.46.